The Bertz CT molecular complexity index is 1510. The second-order valence-electron chi connectivity index (χ2n) is 8.86. The fraction of sp³-hybridized carbons (Fsp3) is 0.179. The zero-order valence-corrected chi connectivity index (χ0v) is 20.7. The highest BCUT2D eigenvalue weighted by Crippen LogP contribution is 2.23. The summed E-state index contributed by atoms with van der Waals surface area (Å²) in [5, 5.41) is 12.5. The third kappa shape index (κ3) is 5.76. The smallest absolute Gasteiger partial charge is 0.287 e. The van der Waals surface area contributed by atoms with E-state index in [4.69, 9.17) is 4.74 Å². The number of aromatic nitrogens is 3. The fourth-order valence-electron chi connectivity index (χ4n) is 3.99. The van der Waals surface area contributed by atoms with E-state index < -0.39 is 5.56 Å². The molecule has 0 bridgehead atoms. The summed E-state index contributed by atoms with van der Waals surface area (Å²) in [6, 6.07) is 19.4. The number of aryl methyl sites for hydroxylation is 1. The third-order valence-electron chi connectivity index (χ3n) is 6.11. The summed E-state index contributed by atoms with van der Waals surface area (Å²) in [5.41, 5.74) is 3.70. The molecule has 10 nitrogen and oxygen atoms in total. The first-order valence-corrected chi connectivity index (χ1v) is 12.1. The highest BCUT2D eigenvalue weighted by molar-refractivity contribution is 6.04. The highest BCUT2D eigenvalue weighted by atomic mass is 16.5. The van der Waals surface area contributed by atoms with Crippen LogP contribution in [-0.2, 0) is 4.74 Å². The van der Waals surface area contributed by atoms with Gasteiger partial charge in [0.2, 0.25) is 0 Å². The van der Waals surface area contributed by atoms with E-state index in [-0.39, 0.29) is 17.5 Å². The van der Waals surface area contributed by atoms with Crippen molar-refractivity contribution in [2.45, 2.75) is 6.92 Å². The SMILES string of the molecule is Cc1ccc(C(=O)Nc2cccc(-c3cc(Nc4ccc(C(=O)N5CCOCC5)cn4)c(=O)[nH]n3)c2)cc1. The monoisotopic (exact) mass is 510 g/mol. The number of H-pyrrole nitrogens is 1. The molecule has 4 aromatic rings. The summed E-state index contributed by atoms with van der Waals surface area (Å²) in [6.07, 6.45) is 1.48. The predicted molar refractivity (Wildman–Crippen MR) is 144 cm³/mol. The van der Waals surface area contributed by atoms with Crippen LogP contribution in [0.5, 0.6) is 0 Å². The van der Waals surface area contributed by atoms with Gasteiger partial charge in [-0.05, 0) is 49.4 Å². The molecule has 0 unspecified atom stereocenters. The number of hydrogen-bond acceptors (Lipinski definition) is 7. The summed E-state index contributed by atoms with van der Waals surface area (Å²) in [6.45, 7) is 4.10. The van der Waals surface area contributed by atoms with Gasteiger partial charge in [-0.2, -0.15) is 5.10 Å². The van der Waals surface area contributed by atoms with Gasteiger partial charge in [0.05, 0.1) is 24.5 Å². The molecule has 2 amide bonds. The lowest BCUT2D eigenvalue weighted by Gasteiger charge is -2.26. The van der Waals surface area contributed by atoms with Crippen LogP contribution in [0.1, 0.15) is 26.3 Å². The number of nitrogens with zero attached hydrogens (tertiary/aromatic N) is 3. The molecule has 38 heavy (non-hydrogen) atoms. The van der Waals surface area contributed by atoms with Gasteiger partial charge in [-0.1, -0.05) is 29.8 Å². The molecule has 1 saturated heterocycles. The van der Waals surface area contributed by atoms with Crippen molar-refractivity contribution in [1.82, 2.24) is 20.1 Å². The van der Waals surface area contributed by atoms with E-state index in [0.29, 0.717) is 60.2 Å². The maximum Gasteiger partial charge on any atom is 0.287 e. The molecule has 2 aromatic carbocycles. The van der Waals surface area contributed by atoms with Crippen molar-refractivity contribution < 1.29 is 14.3 Å². The van der Waals surface area contributed by atoms with Gasteiger partial charge in [-0.15, -0.1) is 0 Å². The Morgan fingerprint density at radius 1 is 0.974 bits per heavy atom. The molecular formula is C28H26N6O4. The zero-order chi connectivity index (χ0) is 26.5. The number of ether oxygens (including phenoxy) is 1. The molecule has 192 valence electrons. The molecule has 2 aromatic heterocycles. The fourth-order valence-corrected chi connectivity index (χ4v) is 3.99. The predicted octanol–water partition coefficient (Wildman–Crippen LogP) is 3.61. The number of carbonyl (C=O) groups excluding carboxylic acids is 2. The summed E-state index contributed by atoms with van der Waals surface area (Å²) in [7, 11) is 0. The van der Waals surface area contributed by atoms with E-state index in [9.17, 15) is 14.4 Å². The first kappa shape index (κ1) is 24.8. The number of anilines is 3. The summed E-state index contributed by atoms with van der Waals surface area (Å²) in [4.78, 5) is 43.7. The van der Waals surface area contributed by atoms with E-state index in [2.05, 4.69) is 25.8 Å². The number of hydrogen-bond donors (Lipinski definition) is 3. The maximum atomic E-state index is 12.6. The number of pyridine rings is 1. The maximum absolute atomic E-state index is 12.6. The molecule has 10 heteroatoms. The average molecular weight is 511 g/mol. The Morgan fingerprint density at radius 2 is 1.74 bits per heavy atom. The van der Waals surface area contributed by atoms with Crippen molar-refractivity contribution in [2.75, 3.05) is 36.9 Å². The Balaban J connectivity index is 1.30. The van der Waals surface area contributed by atoms with Gasteiger partial charge in [0.15, 0.2) is 0 Å². The van der Waals surface area contributed by atoms with E-state index in [1.807, 2.05) is 25.1 Å². The molecule has 0 atom stereocenters. The standard InChI is InChI=1S/C28H26N6O4/c1-18-5-7-19(8-6-18)26(35)30-22-4-2-3-20(15-22)23-16-24(27(36)33-32-23)31-25-10-9-21(17-29-25)28(37)34-11-13-38-14-12-34/h2-10,15-17H,11-14H2,1H3,(H,30,35)(H,33,36)(H,29,31,32). The van der Waals surface area contributed by atoms with Crippen molar-refractivity contribution in [2.24, 2.45) is 0 Å². The zero-order valence-electron chi connectivity index (χ0n) is 20.7. The Hall–Kier alpha value is -4.83. The van der Waals surface area contributed by atoms with Crippen LogP contribution < -0.4 is 16.2 Å². The minimum atomic E-state index is -0.423. The number of carbonyl (C=O) groups is 2. The Labute approximate surface area is 218 Å². The topological polar surface area (TPSA) is 129 Å². The molecule has 1 fully saturated rings. The van der Waals surface area contributed by atoms with Crippen molar-refractivity contribution >= 4 is 29.0 Å². The molecule has 0 spiro atoms. The lowest BCUT2D eigenvalue weighted by atomic mass is 10.1. The van der Waals surface area contributed by atoms with Crippen molar-refractivity contribution in [3.05, 3.63) is 100.0 Å². The Kier molecular flexibility index (Phi) is 7.23. The van der Waals surface area contributed by atoms with E-state index in [0.717, 1.165) is 5.56 Å². The quantitative estimate of drug-likeness (QED) is 0.361. The molecule has 0 aliphatic carbocycles. The van der Waals surface area contributed by atoms with Crippen LogP contribution in [0.4, 0.5) is 17.2 Å². The van der Waals surface area contributed by atoms with Gasteiger partial charge < -0.3 is 20.3 Å². The number of benzene rings is 2. The van der Waals surface area contributed by atoms with Crippen LogP contribution >= 0.6 is 0 Å². The first-order valence-electron chi connectivity index (χ1n) is 12.1. The van der Waals surface area contributed by atoms with Gasteiger partial charge in [0.25, 0.3) is 17.4 Å². The van der Waals surface area contributed by atoms with Crippen molar-refractivity contribution in [3.63, 3.8) is 0 Å². The summed E-state index contributed by atoms with van der Waals surface area (Å²) >= 11 is 0. The molecule has 1 aliphatic heterocycles. The third-order valence-corrected chi connectivity index (χ3v) is 6.11. The van der Waals surface area contributed by atoms with E-state index >= 15 is 0 Å². The van der Waals surface area contributed by atoms with Gasteiger partial charge in [0.1, 0.15) is 11.5 Å². The van der Waals surface area contributed by atoms with Crippen LogP contribution in [0.2, 0.25) is 0 Å². The van der Waals surface area contributed by atoms with Gasteiger partial charge in [-0.25, -0.2) is 10.1 Å². The van der Waals surface area contributed by atoms with Crippen molar-refractivity contribution in [1.29, 1.82) is 0 Å². The van der Waals surface area contributed by atoms with Crippen LogP contribution in [0.15, 0.2) is 77.7 Å². The Morgan fingerprint density at radius 3 is 2.47 bits per heavy atom. The molecule has 3 N–H and O–H groups in total. The molecule has 3 heterocycles. The minimum absolute atomic E-state index is 0.106. The van der Waals surface area contributed by atoms with Crippen molar-refractivity contribution in [3.8, 4) is 11.3 Å². The van der Waals surface area contributed by atoms with Crippen LogP contribution in [0.3, 0.4) is 0 Å². The van der Waals surface area contributed by atoms with Crippen LogP contribution in [0.25, 0.3) is 11.3 Å². The second kappa shape index (κ2) is 11.1. The van der Waals surface area contributed by atoms with Gasteiger partial charge >= 0.3 is 0 Å². The highest BCUT2D eigenvalue weighted by Gasteiger charge is 2.19. The molecule has 0 saturated carbocycles. The number of amides is 2. The minimum Gasteiger partial charge on any atom is -0.378 e. The van der Waals surface area contributed by atoms with Crippen LogP contribution in [0, 0.1) is 6.92 Å². The molecular weight excluding hydrogens is 484 g/mol. The molecule has 5 rings (SSSR count). The van der Waals surface area contributed by atoms with Crippen LogP contribution in [-0.4, -0.2) is 58.2 Å². The number of morpholine rings is 1. The van der Waals surface area contributed by atoms with Gasteiger partial charge in [0, 0.05) is 36.1 Å². The molecule has 1 aliphatic rings. The normalized spacial score (nSPS) is 13.1. The number of aromatic amines is 1. The number of nitrogens with one attached hydrogen (secondary N) is 3. The van der Waals surface area contributed by atoms with E-state index in [1.54, 1.807) is 53.4 Å². The summed E-state index contributed by atoms with van der Waals surface area (Å²) < 4.78 is 5.29. The number of rotatable bonds is 6. The van der Waals surface area contributed by atoms with E-state index in [1.165, 1.54) is 6.20 Å². The molecule has 0 radical (unpaired) electrons. The van der Waals surface area contributed by atoms with Gasteiger partial charge in [-0.3, -0.25) is 14.4 Å². The first-order chi connectivity index (χ1) is 18.5. The second-order valence-corrected chi connectivity index (χ2v) is 8.86. The summed E-state index contributed by atoms with van der Waals surface area (Å²) in [5.74, 6) is 0.0802. The largest absolute Gasteiger partial charge is 0.378 e. The lowest BCUT2D eigenvalue weighted by molar-refractivity contribution is 0.0302. The average Bonchev–Trinajstić information content (AvgIpc) is 2.95. The lowest BCUT2D eigenvalue weighted by Crippen LogP contribution is -2.40.